The third-order valence-electron chi connectivity index (χ3n) is 3.93. The van der Waals surface area contributed by atoms with E-state index in [1.54, 1.807) is 7.11 Å². The molecular weight excluding hydrogens is 286 g/mol. The van der Waals surface area contributed by atoms with Crippen LogP contribution in [0.2, 0.25) is 5.02 Å². The Bertz CT molecular complexity index is 634. The molecule has 0 spiro atoms. The summed E-state index contributed by atoms with van der Waals surface area (Å²) >= 11 is 6.08. The normalized spacial score (nSPS) is 14.4. The van der Waals surface area contributed by atoms with Crippen LogP contribution >= 0.6 is 11.6 Å². The lowest BCUT2D eigenvalue weighted by molar-refractivity contribution is 0.407. The number of halogens is 1. The SMILES string of the molecule is COc1ccc(Cl)cc1Cn1ncc(CNC2CC2)c1C. The summed E-state index contributed by atoms with van der Waals surface area (Å²) in [6.07, 6.45) is 4.54. The molecule has 0 bridgehead atoms. The molecule has 4 nitrogen and oxygen atoms in total. The lowest BCUT2D eigenvalue weighted by atomic mass is 10.2. The molecule has 1 saturated carbocycles. The molecule has 0 saturated heterocycles. The van der Waals surface area contributed by atoms with Crippen LogP contribution in [0.5, 0.6) is 5.75 Å². The van der Waals surface area contributed by atoms with Crippen molar-refractivity contribution < 1.29 is 4.74 Å². The Morgan fingerprint density at radius 1 is 1.38 bits per heavy atom. The molecule has 1 heterocycles. The maximum Gasteiger partial charge on any atom is 0.124 e. The van der Waals surface area contributed by atoms with Crippen molar-refractivity contribution in [3.63, 3.8) is 0 Å². The minimum atomic E-state index is 0.666. The number of benzene rings is 1. The van der Waals surface area contributed by atoms with Gasteiger partial charge in [0.2, 0.25) is 0 Å². The molecule has 21 heavy (non-hydrogen) atoms. The monoisotopic (exact) mass is 305 g/mol. The molecule has 2 aromatic rings. The second kappa shape index (κ2) is 6.08. The predicted octanol–water partition coefficient (Wildman–Crippen LogP) is 3.15. The first-order valence-electron chi connectivity index (χ1n) is 7.24. The van der Waals surface area contributed by atoms with E-state index in [1.807, 2.05) is 29.1 Å². The minimum Gasteiger partial charge on any atom is -0.496 e. The lowest BCUT2D eigenvalue weighted by Gasteiger charge is -2.11. The molecule has 0 radical (unpaired) electrons. The molecule has 0 atom stereocenters. The highest BCUT2D eigenvalue weighted by molar-refractivity contribution is 6.30. The highest BCUT2D eigenvalue weighted by Gasteiger charge is 2.20. The first kappa shape index (κ1) is 14.4. The van der Waals surface area contributed by atoms with Crippen molar-refractivity contribution >= 4 is 11.6 Å². The van der Waals surface area contributed by atoms with E-state index in [9.17, 15) is 0 Å². The van der Waals surface area contributed by atoms with Gasteiger partial charge < -0.3 is 10.1 Å². The van der Waals surface area contributed by atoms with Crippen molar-refractivity contribution in [1.29, 1.82) is 0 Å². The predicted molar refractivity (Wildman–Crippen MR) is 83.9 cm³/mol. The lowest BCUT2D eigenvalue weighted by Crippen LogP contribution is -2.16. The number of nitrogens with zero attached hydrogens (tertiary/aromatic N) is 2. The zero-order valence-electron chi connectivity index (χ0n) is 12.4. The van der Waals surface area contributed by atoms with Gasteiger partial charge in [-0.25, -0.2) is 0 Å². The third kappa shape index (κ3) is 3.39. The van der Waals surface area contributed by atoms with E-state index in [1.165, 1.54) is 24.1 Å². The maximum absolute atomic E-state index is 6.08. The first-order chi connectivity index (χ1) is 10.2. The fourth-order valence-electron chi connectivity index (χ4n) is 2.39. The summed E-state index contributed by atoms with van der Waals surface area (Å²) in [7, 11) is 1.67. The fraction of sp³-hybridized carbons (Fsp3) is 0.438. The van der Waals surface area contributed by atoms with Crippen LogP contribution in [0.4, 0.5) is 0 Å². The molecule has 1 N–H and O–H groups in total. The van der Waals surface area contributed by atoms with Crippen molar-refractivity contribution in [3.05, 3.63) is 46.2 Å². The average molecular weight is 306 g/mol. The van der Waals surface area contributed by atoms with Crippen LogP contribution in [0.15, 0.2) is 24.4 Å². The van der Waals surface area contributed by atoms with Crippen LogP contribution in [0.3, 0.4) is 0 Å². The van der Waals surface area contributed by atoms with E-state index < -0.39 is 0 Å². The molecular formula is C16H20ClN3O. The number of methoxy groups -OCH3 is 1. The van der Waals surface area contributed by atoms with Crippen molar-refractivity contribution in [2.24, 2.45) is 0 Å². The minimum absolute atomic E-state index is 0.666. The van der Waals surface area contributed by atoms with Crippen molar-refractivity contribution in [2.75, 3.05) is 7.11 Å². The molecule has 1 aromatic carbocycles. The highest BCUT2D eigenvalue weighted by atomic mass is 35.5. The van der Waals surface area contributed by atoms with Gasteiger partial charge in [-0.1, -0.05) is 11.6 Å². The van der Waals surface area contributed by atoms with Crippen molar-refractivity contribution in [2.45, 2.75) is 38.9 Å². The summed E-state index contributed by atoms with van der Waals surface area (Å²) in [5.74, 6) is 0.840. The molecule has 1 fully saturated rings. The van der Waals surface area contributed by atoms with E-state index in [0.717, 1.165) is 17.9 Å². The second-order valence-corrected chi connectivity index (χ2v) is 5.96. The Kier molecular flexibility index (Phi) is 4.17. The molecule has 0 amide bonds. The van der Waals surface area contributed by atoms with Gasteiger partial charge in [0.1, 0.15) is 5.75 Å². The van der Waals surface area contributed by atoms with Crippen LogP contribution in [-0.2, 0) is 13.1 Å². The van der Waals surface area contributed by atoms with Gasteiger partial charge in [-0.2, -0.15) is 5.10 Å². The maximum atomic E-state index is 6.08. The number of ether oxygens (including phenoxy) is 1. The van der Waals surface area contributed by atoms with Crippen LogP contribution in [0, 0.1) is 6.92 Å². The first-order valence-corrected chi connectivity index (χ1v) is 7.62. The van der Waals surface area contributed by atoms with E-state index in [2.05, 4.69) is 17.3 Å². The number of rotatable bonds is 6. The van der Waals surface area contributed by atoms with E-state index in [4.69, 9.17) is 16.3 Å². The molecule has 3 rings (SSSR count). The molecule has 112 valence electrons. The smallest absolute Gasteiger partial charge is 0.124 e. The Labute approximate surface area is 130 Å². The Morgan fingerprint density at radius 2 is 2.19 bits per heavy atom. The molecule has 0 unspecified atom stereocenters. The summed E-state index contributed by atoms with van der Waals surface area (Å²) in [4.78, 5) is 0. The Hall–Kier alpha value is -1.52. The molecule has 1 aliphatic rings. The number of aromatic nitrogens is 2. The van der Waals surface area contributed by atoms with Gasteiger partial charge in [-0.15, -0.1) is 0 Å². The van der Waals surface area contributed by atoms with Crippen LogP contribution in [0.1, 0.15) is 29.7 Å². The van der Waals surface area contributed by atoms with Gasteiger partial charge in [0.15, 0.2) is 0 Å². The van der Waals surface area contributed by atoms with Crippen molar-refractivity contribution in [1.82, 2.24) is 15.1 Å². The summed E-state index contributed by atoms with van der Waals surface area (Å²) in [5.41, 5.74) is 3.48. The largest absolute Gasteiger partial charge is 0.496 e. The fourth-order valence-corrected chi connectivity index (χ4v) is 2.59. The highest BCUT2D eigenvalue weighted by Crippen LogP contribution is 2.24. The van der Waals surface area contributed by atoms with Gasteiger partial charge in [-0.3, -0.25) is 4.68 Å². The molecule has 0 aliphatic heterocycles. The summed E-state index contributed by atoms with van der Waals surface area (Å²) < 4.78 is 7.39. The topological polar surface area (TPSA) is 39.1 Å². The van der Waals surface area contributed by atoms with Crippen molar-refractivity contribution in [3.8, 4) is 5.75 Å². The number of nitrogens with one attached hydrogen (secondary N) is 1. The van der Waals surface area contributed by atoms with Gasteiger partial charge in [0.05, 0.1) is 19.9 Å². The van der Waals surface area contributed by atoms with Gasteiger partial charge in [0.25, 0.3) is 0 Å². The molecule has 1 aromatic heterocycles. The quantitative estimate of drug-likeness (QED) is 0.891. The van der Waals surface area contributed by atoms with Crippen LogP contribution in [0.25, 0.3) is 0 Å². The summed E-state index contributed by atoms with van der Waals surface area (Å²) in [6, 6.07) is 6.38. The van der Waals surface area contributed by atoms with Crippen LogP contribution in [-0.4, -0.2) is 22.9 Å². The zero-order valence-corrected chi connectivity index (χ0v) is 13.2. The Balaban J connectivity index is 1.76. The van der Waals surface area contributed by atoms with Gasteiger partial charge in [0, 0.05) is 34.4 Å². The standard InChI is InChI=1S/C16H20ClN3O/c1-11-13(8-18-15-4-5-15)9-19-20(11)10-12-7-14(17)3-6-16(12)21-2/h3,6-7,9,15,18H,4-5,8,10H2,1-2H3. The van der Waals surface area contributed by atoms with E-state index >= 15 is 0 Å². The Morgan fingerprint density at radius 3 is 2.90 bits per heavy atom. The van der Waals surface area contributed by atoms with E-state index in [0.29, 0.717) is 17.6 Å². The summed E-state index contributed by atoms with van der Waals surface area (Å²) in [6.45, 7) is 3.66. The molecule has 5 heteroatoms. The second-order valence-electron chi connectivity index (χ2n) is 5.52. The number of hydrogen-bond acceptors (Lipinski definition) is 3. The zero-order chi connectivity index (χ0) is 14.8. The molecule has 1 aliphatic carbocycles. The van der Waals surface area contributed by atoms with Crippen LogP contribution < -0.4 is 10.1 Å². The number of hydrogen-bond donors (Lipinski definition) is 1. The third-order valence-corrected chi connectivity index (χ3v) is 4.16. The van der Waals surface area contributed by atoms with Gasteiger partial charge >= 0.3 is 0 Å². The van der Waals surface area contributed by atoms with Gasteiger partial charge in [-0.05, 0) is 38.0 Å². The summed E-state index contributed by atoms with van der Waals surface area (Å²) in [5, 5.41) is 8.73. The van der Waals surface area contributed by atoms with E-state index in [-0.39, 0.29) is 0 Å². The average Bonchev–Trinajstić information content (AvgIpc) is 3.24.